The summed E-state index contributed by atoms with van der Waals surface area (Å²) in [6.45, 7) is 4.19. The Kier molecular flexibility index (Phi) is 1.88. The molecule has 0 aliphatic heterocycles. The number of H-pyrrole nitrogens is 1. The van der Waals surface area contributed by atoms with Crippen molar-refractivity contribution in [1.29, 1.82) is 0 Å². The summed E-state index contributed by atoms with van der Waals surface area (Å²) in [6.07, 6.45) is 3.48. The van der Waals surface area contributed by atoms with Gasteiger partial charge in [0.2, 0.25) is 0 Å². The number of hydrogen-bond acceptors (Lipinski definition) is 3. The van der Waals surface area contributed by atoms with E-state index in [2.05, 4.69) is 28.8 Å². The number of aromatic nitrogens is 4. The van der Waals surface area contributed by atoms with Crippen molar-refractivity contribution in [2.24, 2.45) is 0 Å². The van der Waals surface area contributed by atoms with Crippen LogP contribution in [0, 0.1) is 4.77 Å². The SMILES string of the molecule is CC(C)n1cnc2cnc(=S)[nH]c21. The van der Waals surface area contributed by atoms with Crippen LogP contribution in [0.5, 0.6) is 0 Å². The molecule has 68 valence electrons. The van der Waals surface area contributed by atoms with Crippen molar-refractivity contribution in [3.05, 3.63) is 17.3 Å². The predicted octanol–water partition coefficient (Wildman–Crippen LogP) is 2.07. The van der Waals surface area contributed by atoms with Gasteiger partial charge in [-0.25, -0.2) is 9.97 Å². The number of aromatic amines is 1. The standard InChI is InChI=1S/C8H10N4S/c1-5(2)12-4-10-6-3-9-8(13)11-7(6)12/h3-5H,1-2H3,(H,9,11,13). The Morgan fingerprint density at radius 2 is 2.23 bits per heavy atom. The highest BCUT2D eigenvalue weighted by Crippen LogP contribution is 2.13. The van der Waals surface area contributed by atoms with Crippen LogP contribution in [-0.2, 0) is 0 Å². The van der Waals surface area contributed by atoms with Crippen molar-refractivity contribution in [1.82, 2.24) is 19.5 Å². The maximum absolute atomic E-state index is 4.94. The number of nitrogens with zero attached hydrogens (tertiary/aromatic N) is 3. The van der Waals surface area contributed by atoms with Crippen molar-refractivity contribution < 1.29 is 0 Å². The third-order valence-corrected chi connectivity index (χ3v) is 2.12. The fraction of sp³-hybridized carbons (Fsp3) is 0.375. The molecule has 2 aromatic heterocycles. The normalized spacial score (nSPS) is 11.3. The molecule has 2 heterocycles. The molecular formula is C8H10N4S. The highest BCUT2D eigenvalue weighted by molar-refractivity contribution is 7.71. The van der Waals surface area contributed by atoms with Gasteiger partial charge in [0, 0.05) is 6.04 Å². The van der Waals surface area contributed by atoms with Crippen LogP contribution < -0.4 is 0 Å². The molecule has 0 radical (unpaired) electrons. The van der Waals surface area contributed by atoms with Crippen molar-refractivity contribution in [2.45, 2.75) is 19.9 Å². The first-order valence-corrected chi connectivity index (χ1v) is 4.51. The van der Waals surface area contributed by atoms with Crippen LogP contribution in [0.25, 0.3) is 11.2 Å². The minimum atomic E-state index is 0.373. The highest BCUT2D eigenvalue weighted by Gasteiger charge is 2.04. The number of imidazole rings is 1. The first-order valence-electron chi connectivity index (χ1n) is 4.10. The van der Waals surface area contributed by atoms with Crippen LogP contribution in [0.15, 0.2) is 12.5 Å². The molecule has 0 saturated carbocycles. The first-order chi connectivity index (χ1) is 6.18. The minimum absolute atomic E-state index is 0.373. The van der Waals surface area contributed by atoms with Gasteiger partial charge in [0.25, 0.3) is 0 Å². The fourth-order valence-electron chi connectivity index (χ4n) is 1.24. The summed E-state index contributed by atoms with van der Waals surface area (Å²) in [5, 5.41) is 0. The summed E-state index contributed by atoms with van der Waals surface area (Å²) in [6, 6.07) is 0.373. The zero-order valence-electron chi connectivity index (χ0n) is 7.48. The molecule has 1 N–H and O–H groups in total. The lowest BCUT2D eigenvalue weighted by Gasteiger charge is -2.06. The third-order valence-electron chi connectivity index (χ3n) is 1.91. The largest absolute Gasteiger partial charge is 0.315 e. The molecule has 0 spiro atoms. The van der Waals surface area contributed by atoms with Crippen molar-refractivity contribution in [3.63, 3.8) is 0 Å². The molecular weight excluding hydrogens is 184 g/mol. The van der Waals surface area contributed by atoms with E-state index in [9.17, 15) is 0 Å². The van der Waals surface area contributed by atoms with E-state index >= 15 is 0 Å². The Hall–Kier alpha value is -1.23. The molecule has 0 atom stereocenters. The second-order valence-corrected chi connectivity index (χ2v) is 3.55. The molecule has 0 unspecified atom stereocenters. The van der Waals surface area contributed by atoms with Crippen LogP contribution in [0.2, 0.25) is 0 Å². The zero-order valence-corrected chi connectivity index (χ0v) is 8.30. The molecule has 0 saturated heterocycles. The molecule has 5 heteroatoms. The summed E-state index contributed by atoms with van der Waals surface area (Å²) >= 11 is 4.94. The number of hydrogen-bond donors (Lipinski definition) is 1. The number of nitrogens with one attached hydrogen (secondary N) is 1. The number of rotatable bonds is 1. The molecule has 0 bridgehead atoms. The van der Waals surface area contributed by atoms with Gasteiger partial charge in [0.05, 0.1) is 12.5 Å². The maximum atomic E-state index is 4.94. The summed E-state index contributed by atoms with van der Waals surface area (Å²) < 4.78 is 2.53. The minimum Gasteiger partial charge on any atom is -0.315 e. The molecule has 4 nitrogen and oxygen atoms in total. The molecule has 0 fully saturated rings. The topological polar surface area (TPSA) is 46.5 Å². The maximum Gasteiger partial charge on any atom is 0.198 e. The monoisotopic (exact) mass is 194 g/mol. The van der Waals surface area contributed by atoms with E-state index in [1.165, 1.54) is 0 Å². The predicted molar refractivity (Wildman–Crippen MR) is 53.1 cm³/mol. The highest BCUT2D eigenvalue weighted by atomic mass is 32.1. The quantitative estimate of drug-likeness (QED) is 0.707. The molecule has 0 aliphatic carbocycles. The van der Waals surface area contributed by atoms with Crippen molar-refractivity contribution in [3.8, 4) is 0 Å². The first kappa shape index (κ1) is 8.37. The van der Waals surface area contributed by atoms with Gasteiger partial charge in [0.1, 0.15) is 11.2 Å². The van der Waals surface area contributed by atoms with Crippen LogP contribution in [-0.4, -0.2) is 19.5 Å². The van der Waals surface area contributed by atoms with E-state index in [1.807, 2.05) is 4.57 Å². The Morgan fingerprint density at radius 3 is 2.92 bits per heavy atom. The molecule has 0 aliphatic rings. The second-order valence-electron chi connectivity index (χ2n) is 3.17. The van der Waals surface area contributed by atoms with Crippen LogP contribution >= 0.6 is 12.2 Å². The number of fused-ring (bicyclic) bond motifs is 1. The Bertz CT molecular complexity index is 482. The average Bonchev–Trinajstić information content (AvgIpc) is 2.46. The van der Waals surface area contributed by atoms with Crippen molar-refractivity contribution >= 4 is 23.4 Å². The van der Waals surface area contributed by atoms with E-state index in [0.717, 1.165) is 11.2 Å². The van der Waals surface area contributed by atoms with Gasteiger partial charge in [0.15, 0.2) is 4.77 Å². The Labute approximate surface area is 80.6 Å². The van der Waals surface area contributed by atoms with Gasteiger partial charge in [-0.15, -0.1) is 0 Å². The van der Waals surface area contributed by atoms with Gasteiger partial charge in [-0.05, 0) is 26.1 Å². The lowest BCUT2D eigenvalue weighted by Crippen LogP contribution is -1.99. The van der Waals surface area contributed by atoms with E-state index in [-0.39, 0.29) is 0 Å². The van der Waals surface area contributed by atoms with Gasteiger partial charge < -0.3 is 9.55 Å². The van der Waals surface area contributed by atoms with Gasteiger partial charge in [-0.2, -0.15) is 0 Å². The summed E-state index contributed by atoms with van der Waals surface area (Å²) in [5.74, 6) is 0. The van der Waals surface area contributed by atoms with E-state index in [0.29, 0.717) is 10.8 Å². The summed E-state index contributed by atoms with van der Waals surface area (Å²) in [5.41, 5.74) is 1.79. The smallest absolute Gasteiger partial charge is 0.198 e. The molecule has 0 amide bonds. The molecule has 13 heavy (non-hydrogen) atoms. The van der Waals surface area contributed by atoms with Crippen molar-refractivity contribution in [2.75, 3.05) is 0 Å². The van der Waals surface area contributed by atoms with E-state index in [4.69, 9.17) is 12.2 Å². The summed E-state index contributed by atoms with van der Waals surface area (Å²) in [4.78, 5) is 11.2. The van der Waals surface area contributed by atoms with Gasteiger partial charge in [-0.3, -0.25) is 0 Å². The van der Waals surface area contributed by atoms with E-state index < -0.39 is 0 Å². The van der Waals surface area contributed by atoms with Crippen LogP contribution in [0.1, 0.15) is 19.9 Å². The average molecular weight is 194 g/mol. The van der Waals surface area contributed by atoms with Gasteiger partial charge in [-0.1, -0.05) is 0 Å². The Morgan fingerprint density at radius 1 is 1.46 bits per heavy atom. The molecule has 2 rings (SSSR count). The zero-order chi connectivity index (χ0) is 9.42. The van der Waals surface area contributed by atoms with Crippen LogP contribution in [0.3, 0.4) is 0 Å². The Balaban J connectivity index is 2.79. The fourth-order valence-corrected chi connectivity index (χ4v) is 1.39. The molecule has 0 aromatic carbocycles. The summed E-state index contributed by atoms with van der Waals surface area (Å²) in [7, 11) is 0. The second kappa shape index (κ2) is 2.92. The lowest BCUT2D eigenvalue weighted by atomic mass is 10.4. The molecule has 2 aromatic rings. The van der Waals surface area contributed by atoms with Gasteiger partial charge >= 0.3 is 0 Å². The third kappa shape index (κ3) is 1.35. The van der Waals surface area contributed by atoms with E-state index in [1.54, 1.807) is 12.5 Å². The lowest BCUT2D eigenvalue weighted by molar-refractivity contribution is 0.612. The van der Waals surface area contributed by atoms with Crippen LogP contribution in [0.4, 0.5) is 0 Å².